The number of ether oxygens (including phenoxy) is 1. The normalized spacial score (nSPS) is 18.5. The first-order valence-electron chi connectivity index (χ1n) is 10.5. The molecule has 0 bridgehead atoms. The van der Waals surface area contributed by atoms with Crippen LogP contribution in [-0.2, 0) is 9.53 Å². The lowest BCUT2D eigenvalue weighted by Gasteiger charge is -2.30. The standard InChI is InChI=1S/C22H36N4O2Si/c1-28-22(27)21(20-7-5-19(6-8-20)9-18-29(2,3)4)26-16-14-24-12-10-23-11-13-25-15-17-26/h5-8,21,23-25H,10-17H2,1-4H3. The molecule has 1 unspecified atom stereocenters. The van der Waals surface area contributed by atoms with Gasteiger partial charge in [0.25, 0.3) is 0 Å². The van der Waals surface area contributed by atoms with Crippen LogP contribution in [0.5, 0.6) is 0 Å². The van der Waals surface area contributed by atoms with Crippen LogP contribution in [0.2, 0.25) is 19.6 Å². The monoisotopic (exact) mass is 416 g/mol. The van der Waals surface area contributed by atoms with E-state index in [2.05, 4.69) is 52.0 Å². The molecule has 1 saturated heterocycles. The van der Waals surface area contributed by atoms with Crippen molar-refractivity contribution in [2.75, 3.05) is 59.5 Å². The maximum Gasteiger partial charge on any atom is 0.327 e. The van der Waals surface area contributed by atoms with Crippen molar-refractivity contribution in [1.82, 2.24) is 20.9 Å². The SMILES string of the molecule is COC(=O)C(c1ccc(C#C[Si](C)(C)C)cc1)N1CCNCCNCCNCC1. The Labute approximate surface area is 176 Å². The highest BCUT2D eigenvalue weighted by molar-refractivity contribution is 6.83. The van der Waals surface area contributed by atoms with Gasteiger partial charge < -0.3 is 20.7 Å². The Hall–Kier alpha value is -1.69. The van der Waals surface area contributed by atoms with Crippen molar-refractivity contribution in [3.8, 4) is 11.5 Å². The molecule has 2 rings (SSSR count). The van der Waals surface area contributed by atoms with E-state index >= 15 is 0 Å². The molecule has 0 aromatic heterocycles. The van der Waals surface area contributed by atoms with E-state index in [1.54, 1.807) is 0 Å². The molecule has 3 N–H and O–H groups in total. The van der Waals surface area contributed by atoms with Gasteiger partial charge in [-0.1, -0.05) is 37.7 Å². The maximum atomic E-state index is 12.7. The van der Waals surface area contributed by atoms with Gasteiger partial charge in [-0.3, -0.25) is 4.90 Å². The molecule has 1 fully saturated rings. The average Bonchev–Trinajstić information content (AvgIpc) is 2.68. The second kappa shape index (κ2) is 12.1. The van der Waals surface area contributed by atoms with Crippen LogP contribution in [-0.4, -0.2) is 78.4 Å². The van der Waals surface area contributed by atoms with E-state index in [1.165, 1.54) is 7.11 Å². The van der Waals surface area contributed by atoms with Crippen molar-refractivity contribution in [2.24, 2.45) is 0 Å². The van der Waals surface area contributed by atoms with Gasteiger partial charge in [-0.15, -0.1) is 5.54 Å². The van der Waals surface area contributed by atoms with E-state index < -0.39 is 14.1 Å². The fourth-order valence-corrected chi connectivity index (χ4v) is 3.68. The highest BCUT2D eigenvalue weighted by atomic mass is 28.3. The second-order valence-electron chi connectivity index (χ2n) is 8.33. The van der Waals surface area contributed by atoms with E-state index in [4.69, 9.17) is 4.74 Å². The Morgan fingerprint density at radius 1 is 0.966 bits per heavy atom. The summed E-state index contributed by atoms with van der Waals surface area (Å²) in [6, 6.07) is 7.63. The van der Waals surface area contributed by atoms with Crippen molar-refractivity contribution in [3.05, 3.63) is 35.4 Å². The van der Waals surface area contributed by atoms with E-state index in [1.807, 2.05) is 24.3 Å². The van der Waals surface area contributed by atoms with Crippen LogP contribution in [0, 0.1) is 11.5 Å². The first-order valence-corrected chi connectivity index (χ1v) is 14.0. The quantitative estimate of drug-likeness (QED) is 0.391. The van der Waals surface area contributed by atoms with Crippen LogP contribution >= 0.6 is 0 Å². The Kier molecular flexibility index (Phi) is 9.84. The van der Waals surface area contributed by atoms with E-state index in [0.717, 1.165) is 63.5 Å². The molecule has 1 aliphatic heterocycles. The third-order valence-electron chi connectivity index (χ3n) is 4.71. The number of hydrogen-bond acceptors (Lipinski definition) is 6. The van der Waals surface area contributed by atoms with Crippen LogP contribution in [0.3, 0.4) is 0 Å². The zero-order valence-electron chi connectivity index (χ0n) is 18.3. The molecule has 0 aliphatic carbocycles. The summed E-state index contributed by atoms with van der Waals surface area (Å²) in [7, 11) is 0.0455. The van der Waals surface area contributed by atoms with Crippen LogP contribution in [0.4, 0.5) is 0 Å². The molecule has 1 aromatic rings. The molecule has 160 valence electrons. The Balaban J connectivity index is 2.18. The third-order valence-corrected chi connectivity index (χ3v) is 5.58. The number of nitrogens with one attached hydrogen (secondary N) is 3. The number of rotatable bonds is 3. The largest absolute Gasteiger partial charge is 0.468 e. The molecule has 29 heavy (non-hydrogen) atoms. The van der Waals surface area contributed by atoms with Gasteiger partial charge in [-0.2, -0.15) is 0 Å². The number of hydrogen-bond donors (Lipinski definition) is 3. The first-order chi connectivity index (χ1) is 13.9. The lowest BCUT2D eigenvalue weighted by Crippen LogP contribution is -2.45. The summed E-state index contributed by atoms with van der Waals surface area (Å²) in [6.07, 6.45) is 0. The zero-order chi connectivity index (χ0) is 21.1. The number of benzene rings is 1. The van der Waals surface area contributed by atoms with Crippen LogP contribution in [0.15, 0.2) is 24.3 Å². The summed E-state index contributed by atoms with van der Waals surface area (Å²) >= 11 is 0. The molecule has 7 heteroatoms. The van der Waals surface area contributed by atoms with Crippen molar-refractivity contribution >= 4 is 14.0 Å². The Bertz CT molecular complexity index is 679. The summed E-state index contributed by atoms with van der Waals surface area (Å²) in [5, 5.41) is 10.3. The molecule has 0 amide bonds. The summed E-state index contributed by atoms with van der Waals surface area (Å²) in [5.41, 5.74) is 5.33. The fourth-order valence-electron chi connectivity index (χ4n) is 3.16. The van der Waals surface area contributed by atoms with Gasteiger partial charge in [-0.05, 0) is 17.7 Å². The number of nitrogens with zero attached hydrogens (tertiary/aromatic N) is 1. The lowest BCUT2D eigenvalue weighted by molar-refractivity contribution is -0.147. The first kappa shape index (κ1) is 23.6. The van der Waals surface area contributed by atoms with E-state index in [9.17, 15) is 4.79 Å². The van der Waals surface area contributed by atoms with Crippen molar-refractivity contribution in [3.63, 3.8) is 0 Å². The summed E-state index contributed by atoms with van der Waals surface area (Å²) in [5.74, 6) is 3.05. The number of carbonyl (C=O) groups is 1. The Morgan fingerprint density at radius 2 is 1.48 bits per heavy atom. The minimum atomic E-state index is -1.41. The van der Waals surface area contributed by atoms with Crippen molar-refractivity contribution in [2.45, 2.75) is 25.7 Å². The molecule has 1 aliphatic rings. The molecule has 0 spiro atoms. The average molecular weight is 417 g/mol. The molecule has 1 aromatic carbocycles. The zero-order valence-corrected chi connectivity index (χ0v) is 19.3. The highest BCUT2D eigenvalue weighted by Gasteiger charge is 2.28. The fraction of sp³-hybridized carbons (Fsp3) is 0.591. The second-order valence-corrected chi connectivity index (χ2v) is 13.1. The van der Waals surface area contributed by atoms with Crippen LogP contribution < -0.4 is 16.0 Å². The highest BCUT2D eigenvalue weighted by Crippen LogP contribution is 2.22. The van der Waals surface area contributed by atoms with E-state index in [0.29, 0.717) is 0 Å². The van der Waals surface area contributed by atoms with Gasteiger partial charge >= 0.3 is 5.97 Å². The smallest absolute Gasteiger partial charge is 0.327 e. The molecule has 0 saturated carbocycles. The van der Waals surface area contributed by atoms with E-state index in [-0.39, 0.29) is 5.97 Å². The molecule has 1 atom stereocenters. The maximum absolute atomic E-state index is 12.7. The minimum absolute atomic E-state index is 0.223. The van der Waals surface area contributed by atoms with Gasteiger partial charge in [0.1, 0.15) is 14.1 Å². The molecule has 1 heterocycles. The minimum Gasteiger partial charge on any atom is -0.468 e. The van der Waals surface area contributed by atoms with Crippen LogP contribution in [0.25, 0.3) is 0 Å². The van der Waals surface area contributed by atoms with Crippen molar-refractivity contribution < 1.29 is 9.53 Å². The molecular formula is C22H36N4O2Si. The van der Waals surface area contributed by atoms with Gasteiger partial charge in [0.05, 0.1) is 7.11 Å². The lowest BCUT2D eigenvalue weighted by atomic mass is 10.0. The third kappa shape index (κ3) is 8.68. The topological polar surface area (TPSA) is 65.6 Å². The molecule has 6 nitrogen and oxygen atoms in total. The van der Waals surface area contributed by atoms with Crippen LogP contribution in [0.1, 0.15) is 17.2 Å². The summed E-state index contributed by atoms with van der Waals surface area (Å²) in [6.45, 7) is 13.6. The number of methoxy groups -OCH3 is 1. The van der Waals surface area contributed by atoms with Gasteiger partial charge in [0.2, 0.25) is 0 Å². The number of carbonyl (C=O) groups excluding carboxylic acids is 1. The molecule has 0 radical (unpaired) electrons. The predicted molar refractivity (Wildman–Crippen MR) is 122 cm³/mol. The number of esters is 1. The van der Waals surface area contributed by atoms with Crippen molar-refractivity contribution in [1.29, 1.82) is 0 Å². The van der Waals surface area contributed by atoms with Gasteiger partial charge in [0.15, 0.2) is 0 Å². The Morgan fingerprint density at radius 3 is 1.97 bits per heavy atom. The van der Waals surface area contributed by atoms with Gasteiger partial charge in [-0.25, -0.2) is 4.79 Å². The summed E-state index contributed by atoms with van der Waals surface area (Å²) in [4.78, 5) is 14.9. The van der Waals surface area contributed by atoms with Gasteiger partial charge in [0, 0.05) is 57.9 Å². The summed E-state index contributed by atoms with van der Waals surface area (Å²) < 4.78 is 5.16. The molecular weight excluding hydrogens is 380 g/mol. The predicted octanol–water partition coefficient (Wildman–Crippen LogP) is 1.21.